The average molecular weight is 375 g/mol. The molecule has 142 valence electrons. The molecule has 2 aromatic carbocycles. The molecule has 1 atom stereocenters. The lowest BCUT2D eigenvalue weighted by Crippen LogP contribution is -2.47. The van der Waals surface area contributed by atoms with Crippen LogP contribution in [0.1, 0.15) is 40.5 Å². The molecular weight excluding hydrogens is 354 g/mol. The highest BCUT2D eigenvalue weighted by molar-refractivity contribution is 5.95. The average Bonchev–Trinajstić information content (AvgIpc) is 3.18. The number of nitrogens with one attached hydrogen (secondary N) is 1. The first-order valence-electron chi connectivity index (χ1n) is 9.71. The second-order valence-electron chi connectivity index (χ2n) is 7.49. The van der Waals surface area contributed by atoms with Crippen LogP contribution in [0.15, 0.2) is 48.5 Å². The zero-order valence-electron chi connectivity index (χ0n) is 15.4. The van der Waals surface area contributed by atoms with Crippen LogP contribution in [0, 0.1) is 0 Å². The normalized spacial score (nSPS) is 20.1. The molecule has 5 rings (SSSR count). The van der Waals surface area contributed by atoms with Crippen molar-refractivity contribution < 1.29 is 14.3 Å². The van der Waals surface area contributed by atoms with Crippen molar-refractivity contribution in [2.45, 2.75) is 31.3 Å². The summed E-state index contributed by atoms with van der Waals surface area (Å²) in [5, 5.41) is 0. The Hall–Kier alpha value is -3.15. The van der Waals surface area contributed by atoms with Crippen LogP contribution in [-0.2, 0) is 16.0 Å². The highest BCUT2D eigenvalue weighted by atomic mass is 16.5. The molecule has 1 fully saturated rings. The lowest BCUT2D eigenvalue weighted by Gasteiger charge is -2.34. The molecule has 1 amide bonds. The first kappa shape index (κ1) is 17.0. The molecule has 3 heterocycles. The topological polar surface area (TPSA) is 75.3 Å². The first-order valence-corrected chi connectivity index (χ1v) is 9.71. The third-order valence-electron chi connectivity index (χ3n) is 5.77. The summed E-state index contributed by atoms with van der Waals surface area (Å²) in [6.45, 7) is 1.30. The number of para-hydroxylation sites is 2. The van der Waals surface area contributed by atoms with E-state index in [0.717, 1.165) is 35.3 Å². The van der Waals surface area contributed by atoms with Gasteiger partial charge in [-0.15, -0.1) is 0 Å². The molecule has 1 aromatic heterocycles. The second kappa shape index (κ2) is 6.78. The van der Waals surface area contributed by atoms with E-state index in [0.29, 0.717) is 31.0 Å². The van der Waals surface area contributed by atoms with Gasteiger partial charge in [-0.1, -0.05) is 30.3 Å². The Morgan fingerprint density at radius 1 is 1.07 bits per heavy atom. The van der Waals surface area contributed by atoms with Crippen LogP contribution in [0.4, 0.5) is 0 Å². The summed E-state index contributed by atoms with van der Waals surface area (Å²) in [6.07, 6.45) is 1.43. The maximum absolute atomic E-state index is 12.9. The van der Waals surface area contributed by atoms with E-state index in [1.54, 1.807) is 6.07 Å². The molecule has 2 aliphatic rings. The van der Waals surface area contributed by atoms with E-state index >= 15 is 0 Å². The number of benzene rings is 2. The minimum absolute atomic E-state index is 0.0918. The fourth-order valence-electron chi connectivity index (χ4n) is 4.21. The van der Waals surface area contributed by atoms with Crippen molar-refractivity contribution in [3.8, 4) is 0 Å². The molecule has 1 N–H and O–H groups in total. The zero-order chi connectivity index (χ0) is 19.1. The number of hydrogen-bond donors (Lipinski definition) is 1. The third kappa shape index (κ3) is 2.95. The van der Waals surface area contributed by atoms with Gasteiger partial charge in [0.25, 0.3) is 5.91 Å². The molecule has 0 aliphatic carbocycles. The summed E-state index contributed by atoms with van der Waals surface area (Å²) in [7, 11) is 0. The molecule has 2 aliphatic heterocycles. The summed E-state index contributed by atoms with van der Waals surface area (Å²) >= 11 is 0. The number of amides is 1. The number of aromatic amines is 1. The molecule has 1 unspecified atom stereocenters. The zero-order valence-corrected chi connectivity index (χ0v) is 15.4. The molecule has 3 aromatic rings. The summed E-state index contributed by atoms with van der Waals surface area (Å²) in [6, 6.07) is 15.3. The van der Waals surface area contributed by atoms with Gasteiger partial charge in [0.2, 0.25) is 0 Å². The van der Waals surface area contributed by atoms with Crippen molar-refractivity contribution in [1.82, 2.24) is 14.9 Å². The van der Waals surface area contributed by atoms with Gasteiger partial charge in [0.05, 0.1) is 16.6 Å². The van der Waals surface area contributed by atoms with Gasteiger partial charge >= 0.3 is 5.97 Å². The molecule has 1 saturated heterocycles. The van der Waals surface area contributed by atoms with Crippen LogP contribution in [0.25, 0.3) is 11.0 Å². The van der Waals surface area contributed by atoms with E-state index in [1.165, 1.54) is 0 Å². The number of hydrogen-bond acceptors (Lipinski definition) is 4. The quantitative estimate of drug-likeness (QED) is 0.699. The third-order valence-corrected chi connectivity index (χ3v) is 5.77. The molecular formula is C22H21N3O3. The summed E-state index contributed by atoms with van der Waals surface area (Å²) < 4.78 is 5.43. The summed E-state index contributed by atoms with van der Waals surface area (Å²) in [5.74, 6) is 0.806. The number of carbonyl (C=O) groups excluding carboxylic acids is 2. The van der Waals surface area contributed by atoms with Gasteiger partial charge in [0.15, 0.2) is 6.10 Å². The molecule has 0 saturated carbocycles. The van der Waals surface area contributed by atoms with Gasteiger partial charge in [0, 0.05) is 25.4 Å². The fraction of sp³-hybridized carbons (Fsp3) is 0.318. The van der Waals surface area contributed by atoms with Crippen LogP contribution in [0.2, 0.25) is 0 Å². The van der Waals surface area contributed by atoms with Crippen LogP contribution < -0.4 is 0 Å². The second-order valence-corrected chi connectivity index (χ2v) is 7.49. The lowest BCUT2D eigenvalue weighted by atomic mass is 9.94. The maximum Gasteiger partial charge on any atom is 0.339 e. The van der Waals surface area contributed by atoms with Crippen LogP contribution in [0.3, 0.4) is 0 Å². The van der Waals surface area contributed by atoms with Crippen LogP contribution in [-0.4, -0.2) is 45.9 Å². The number of piperidine rings is 1. The number of imidazole rings is 1. The van der Waals surface area contributed by atoms with Gasteiger partial charge in [-0.25, -0.2) is 9.78 Å². The van der Waals surface area contributed by atoms with Gasteiger partial charge < -0.3 is 14.6 Å². The molecule has 6 heteroatoms. The molecule has 28 heavy (non-hydrogen) atoms. The highest BCUT2D eigenvalue weighted by Crippen LogP contribution is 2.29. The number of ether oxygens (including phenoxy) is 1. The Morgan fingerprint density at radius 2 is 1.82 bits per heavy atom. The van der Waals surface area contributed by atoms with Crippen LogP contribution >= 0.6 is 0 Å². The number of aromatic nitrogens is 2. The predicted molar refractivity (Wildman–Crippen MR) is 104 cm³/mol. The van der Waals surface area contributed by atoms with Gasteiger partial charge in [-0.05, 0) is 36.6 Å². The van der Waals surface area contributed by atoms with Crippen LogP contribution in [0.5, 0.6) is 0 Å². The molecule has 0 spiro atoms. The SMILES string of the molecule is O=C1OC(C(=O)N2CCC(c3nc4ccccc4[nH]3)CC2)Cc2ccccc21. The van der Waals surface area contributed by atoms with Crippen molar-refractivity contribution in [3.63, 3.8) is 0 Å². The fourth-order valence-corrected chi connectivity index (χ4v) is 4.21. The summed E-state index contributed by atoms with van der Waals surface area (Å²) in [5.41, 5.74) is 3.47. The largest absolute Gasteiger partial charge is 0.448 e. The van der Waals surface area contributed by atoms with Crippen molar-refractivity contribution in [2.75, 3.05) is 13.1 Å². The Kier molecular flexibility index (Phi) is 4.11. The number of cyclic esters (lactones) is 1. The van der Waals surface area contributed by atoms with E-state index in [4.69, 9.17) is 9.72 Å². The Balaban J connectivity index is 1.25. The number of fused-ring (bicyclic) bond motifs is 2. The van der Waals surface area contributed by atoms with Crippen molar-refractivity contribution in [1.29, 1.82) is 0 Å². The molecule has 0 radical (unpaired) electrons. The number of esters is 1. The van der Waals surface area contributed by atoms with Gasteiger partial charge in [-0.3, -0.25) is 4.79 Å². The lowest BCUT2D eigenvalue weighted by molar-refractivity contribution is -0.142. The minimum Gasteiger partial charge on any atom is -0.448 e. The number of carbonyl (C=O) groups is 2. The van der Waals surface area contributed by atoms with Gasteiger partial charge in [0.1, 0.15) is 5.82 Å². The number of rotatable bonds is 2. The predicted octanol–water partition coefficient (Wildman–Crippen LogP) is 3.05. The standard InChI is InChI=1S/C22H21N3O3/c26-21(19-13-15-5-1-2-6-16(15)22(27)28-19)25-11-9-14(10-12-25)20-23-17-7-3-4-8-18(17)24-20/h1-8,14,19H,9-13H2,(H,23,24). The van der Waals surface area contributed by atoms with Crippen molar-refractivity contribution >= 4 is 22.9 Å². The Labute approximate surface area is 162 Å². The smallest absolute Gasteiger partial charge is 0.339 e. The first-order chi connectivity index (χ1) is 13.7. The molecule has 0 bridgehead atoms. The van der Waals surface area contributed by atoms with E-state index in [-0.39, 0.29) is 5.91 Å². The van der Waals surface area contributed by atoms with E-state index in [9.17, 15) is 9.59 Å². The van der Waals surface area contributed by atoms with Crippen molar-refractivity contribution in [2.24, 2.45) is 0 Å². The maximum atomic E-state index is 12.9. The molecule has 6 nitrogen and oxygen atoms in total. The van der Waals surface area contributed by atoms with Crippen molar-refractivity contribution in [3.05, 3.63) is 65.5 Å². The summed E-state index contributed by atoms with van der Waals surface area (Å²) in [4.78, 5) is 35.1. The Bertz CT molecular complexity index is 1020. The monoisotopic (exact) mass is 375 g/mol. The highest BCUT2D eigenvalue weighted by Gasteiger charge is 2.35. The minimum atomic E-state index is -0.717. The number of nitrogens with zero attached hydrogens (tertiary/aromatic N) is 2. The van der Waals surface area contributed by atoms with Gasteiger partial charge in [-0.2, -0.15) is 0 Å². The van der Waals surface area contributed by atoms with E-state index in [1.807, 2.05) is 47.4 Å². The Morgan fingerprint density at radius 3 is 2.64 bits per heavy atom. The number of H-pyrrole nitrogens is 1. The van der Waals surface area contributed by atoms with E-state index in [2.05, 4.69) is 4.98 Å². The number of likely N-dealkylation sites (tertiary alicyclic amines) is 1. The van der Waals surface area contributed by atoms with E-state index < -0.39 is 12.1 Å².